The fourth-order valence-corrected chi connectivity index (χ4v) is 3.49. The normalized spacial score (nSPS) is 12.1. The van der Waals surface area contributed by atoms with Crippen LogP contribution < -0.4 is 21.3 Å². The number of hydrogen-bond acceptors (Lipinski definition) is 5. The van der Waals surface area contributed by atoms with Gasteiger partial charge in [-0.3, -0.25) is 9.59 Å². The van der Waals surface area contributed by atoms with Gasteiger partial charge in [0.05, 0.1) is 25.3 Å². The number of methoxy groups -OCH3 is 1. The van der Waals surface area contributed by atoms with Gasteiger partial charge in [0, 0.05) is 30.8 Å². The number of hydrogen-bond donors (Lipinski definition) is 2. The Morgan fingerprint density at radius 1 is 1.19 bits per heavy atom. The molecule has 3 aromatic rings. The number of fused-ring (bicyclic) bond motifs is 1. The number of aromatic nitrogens is 1. The molecule has 1 unspecified atom stereocenters. The number of rotatable bonds is 10. The highest BCUT2D eigenvalue weighted by Crippen LogP contribution is 2.31. The van der Waals surface area contributed by atoms with Gasteiger partial charge in [0.25, 0.3) is 5.56 Å². The zero-order valence-electron chi connectivity index (χ0n) is 18.2. The van der Waals surface area contributed by atoms with Crippen molar-refractivity contribution in [3.63, 3.8) is 0 Å². The lowest BCUT2D eigenvalue weighted by Gasteiger charge is -2.16. The maximum absolute atomic E-state index is 13.3. The van der Waals surface area contributed by atoms with E-state index in [1.54, 1.807) is 18.6 Å². The maximum atomic E-state index is 13.3. The second-order valence-electron chi connectivity index (χ2n) is 7.30. The Balaban J connectivity index is 2.09. The van der Waals surface area contributed by atoms with Crippen LogP contribution in [0.5, 0.6) is 5.75 Å². The summed E-state index contributed by atoms with van der Waals surface area (Å²) in [5, 5.41) is 3.94. The first-order chi connectivity index (χ1) is 15.0. The molecule has 0 radical (unpaired) electrons. The molecule has 164 valence electrons. The predicted molar refractivity (Wildman–Crippen MR) is 122 cm³/mol. The van der Waals surface area contributed by atoms with Crippen LogP contribution in [0.25, 0.3) is 22.0 Å². The van der Waals surface area contributed by atoms with Gasteiger partial charge >= 0.3 is 0 Å². The van der Waals surface area contributed by atoms with Crippen molar-refractivity contribution in [2.45, 2.75) is 33.0 Å². The minimum atomic E-state index is -0.528. The molecular formula is C24H29N3O4. The monoisotopic (exact) mass is 423 g/mol. The Morgan fingerprint density at radius 3 is 2.68 bits per heavy atom. The summed E-state index contributed by atoms with van der Waals surface area (Å²) < 4.78 is 12.7. The summed E-state index contributed by atoms with van der Waals surface area (Å²) >= 11 is 0. The molecular weight excluding hydrogens is 394 g/mol. The molecule has 0 bridgehead atoms. The number of carbonyl (C=O) groups is 1. The van der Waals surface area contributed by atoms with E-state index in [9.17, 15) is 9.59 Å². The molecule has 0 aliphatic rings. The number of para-hydroxylation sites is 1. The lowest BCUT2D eigenvalue weighted by Crippen LogP contribution is -2.39. The summed E-state index contributed by atoms with van der Waals surface area (Å²) in [5.74, 6) is 0.310. The molecule has 1 atom stereocenters. The van der Waals surface area contributed by atoms with Gasteiger partial charge in [-0.15, -0.1) is 0 Å². The fraction of sp³-hybridized carbons (Fsp3) is 0.333. The van der Waals surface area contributed by atoms with Crippen LogP contribution in [0.2, 0.25) is 0 Å². The smallest absolute Gasteiger partial charge is 0.255 e. The Bertz CT molecular complexity index is 1120. The number of nitrogens with zero attached hydrogens (tertiary/aromatic N) is 1. The summed E-state index contributed by atoms with van der Waals surface area (Å²) in [5.41, 5.74) is 8.51. The Kier molecular flexibility index (Phi) is 7.44. The van der Waals surface area contributed by atoms with E-state index in [4.69, 9.17) is 15.2 Å². The van der Waals surface area contributed by atoms with Crippen molar-refractivity contribution in [3.05, 3.63) is 64.4 Å². The van der Waals surface area contributed by atoms with E-state index in [0.717, 1.165) is 27.8 Å². The fourth-order valence-electron chi connectivity index (χ4n) is 3.49. The van der Waals surface area contributed by atoms with Gasteiger partial charge in [-0.05, 0) is 43.0 Å². The Labute approximate surface area is 181 Å². The summed E-state index contributed by atoms with van der Waals surface area (Å²) in [6.45, 7) is 5.29. The molecule has 7 heteroatoms. The third-order valence-electron chi connectivity index (χ3n) is 5.28. The second-order valence-corrected chi connectivity index (χ2v) is 7.30. The first kappa shape index (κ1) is 22.5. The third-order valence-corrected chi connectivity index (χ3v) is 5.28. The maximum Gasteiger partial charge on any atom is 0.255 e. The van der Waals surface area contributed by atoms with E-state index in [-0.39, 0.29) is 12.1 Å². The SMILES string of the molecule is CCOCCn1c(=O)c(CNC(C)C(N)=O)cc2ccc(-c3ccccc3OC)cc21. The van der Waals surface area contributed by atoms with E-state index < -0.39 is 11.9 Å². The molecule has 1 heterocycles. The van der Waals surface area contributed by atoms with Crippen molar-refractivity contribution in [2.75, 3.05) is 20.3 Å². The molecule has 0 aliphatic carbocycles. The molecule has 3 N–H and O–H groups in total. The summed E-state index contributed by atoms with van der Waals surface area (Å²) in [7, 11) is 1.64. The minimum Gasteiger partial charge on any atom is -0.496 e. The van der Waals surface area contributed by atoms with Crippen molar-refractivity contribution < 1.29 is 14.3 Å². The third kappa shape index (κ3) is 5.13. The highest BCUT2D eigenvalue weighted by molar-refractivity contribution is 5.86. The Hall–Kier alpha value is -3.16. The molecule has 7 nitrogen and oxygen atoms in total. The zero-order chi connectivity index (χ0) is 22.4. The van der Waals surface area contributed by atoms with Gasteiger partial charge in [-0.2, -0.15) is 0 Å². The average Bonchev–Trinajstić information content (AvgIpc) is 2.78. The van der Waals surface area contributed by atoms with Gasteiger partial charge in [-0.25, -0.2) is 0 Å². The molecule has 0 saturated carbocycles. The van der Waals surface area contributed by atoms with Crippen LogP contribution in [0.1, 0.15) is 19.4 Å². The van der Waals surface area contributed by atoms with Crippen molar-refractivity contribution in [1.29, 1.82) is 0 Å². The van der Waals surface area contributed by atoms with Crippen LogP contribution in [0, 0.1) is 0 Å². The number of primary amides is 1. The van der Waals surface area contributed by atoms with Crippen molar-refractivity contribution in [2.24, 2.45) is 5.73 Å². The van der Waals surface area contributed by atoms with Crippen LogP contribution in [0.15, 0.2) is 53.3 Å². The first-order valence-corrected chi connectivity index (χ1v) is 10.4. The van der Waals surface area contributed by atoms with Crippen LogP contribution in [0.4, 0.5) is 0 Å². The highest BCUT2D eigenvalue weighted by Gasteiger charge is 2.14. The highest BCUT2D eigenvalue weighted by atomic mass is 16.5. The van der Waals surface area contributed by atoms with Gasteiger partial charge in [0.1, 0.15) is 5.75 Å². The molecule has 2 aromatic carbocycles. The van der Waals surface area contributed by atoms with Gasteiger partial charge in [-0.1, -0.05) is 30.3 Å². The molecule has 3 rings (SSSR count). The van der Waals surface area contributed by atoms with Gasteiger partial charge in [0.15, 0.2) is 0 Å². The first-order valence-electron chi connectivity index (χ1n) is 10.4. The second kappa shape index (κ2) is 10.2. The number of amides is 1. The van der Waals surface area contributed by atoms with Crippen LogP contribution in [0.3, 0.4) is 0 Å². The number of nitrogens with one attached hydrogen (secondary N) is 1. The Morgan fingerprint density at radius 2 is 1.97 bits per heavy atom. The molecule has 0 spiro atoms. The van der Waals surface area contributed by atoms with Crippen LogP contribution in [-0.2, 0) is 22.6 Å². The summed E-state index contributed by atoms with van der Waals surface area (Å²) in [6, 6.07) is 15.1. The number of pyridine rings is 1. The lowest BCUT2D eigenvalue weighted by molar-refractivity contribution is -0.119. The van der Waals surface area contributed by atoms with E-state index >= 15 is 0 Å². The van der Waals surface area contributed by atoms with Crippen molar-refractivity contribution in [1.82, 2.24) is 9.88 Å². The molecule has 0 fully saturated rings. The number of benzene rings is 2. The zero-order valence-corrected chi connectivity index (χ0v) is 18.2. The minimum absolute atomic E-state index is 0.117. The van der Waals surface area contributed by atoms with Crippen LogP contribution >= 0.6 is 0 Å². The number of carbonyl (C=O) groups excluding carboxylic acids is 1. The standard InChI is InChI=1S/C24H29N3O4/c1-4-31-12-11-27-21-14-17(20-7-5-6-8-22(20)30-3)9-10-18(21)13-19(24(27)29)15-26-16(2)23(25)28/h5-10,13-14,16,26H,4,11-12,15H2,1-3H3,(H2,25,28). The van der Waals surface area contributed by atoms with E-state index in [2.05, 4.69) is 5.32 Å². The lowest BCUT2D eigenvalue weighted by atomic mass is 10.0. The molecule has 0 aliphatic heterocycles. The topological polar surface area (TPSA) is 95.6 Å². The summed E-state index contributed by atoms with van der Waals surface area (Å²) in [6.07, 6.45) is 0. The molecule has 31 heavy (non-hydrogen) atoms. The van der Waals surface area contributed by atoms with Gasteiger partial charge < -0.3 is 25.1 Å². The quantitative estimate of drug-likeness (QED) is 0.489. The van der Waals surface area contributed by atoms with Crippen LogP contribution in [-0.4, -0.2) is 36.8 Å². The van der Waals surface area contributed by atoms with Gasteiger partial charge in [0.2, 0.25) is 5.91 Å². The number of nitrogens with two attached hydrogens (primary N) is 1. The molecule has 0 saturated heterocycles. The predicted octanol–water partition coefficient (Wildman–Crippen LogP) is 2.68. The van der Waals surface area contributed by atoms with Crippen molar-refractivity contribution in [3.8, 4) is 16.9 Å². The molecule has 1 aromatic heterocycles. The van der Waals surface area contributed by atoms with E-state index in [1.807, 2.05) is 55.5 Å². The summed E-state index contributed by atoms with van der Waals surface area (Å²) in [4.78, 5) is 24.6. The average molecular weight is 424 g/mol. The van der Waals surface area contributed by atoms with Crippen molar-refractivity contribution >= 4 is 16.8 Å². The van der Waals surface area contributed by atoms with E-state index in [1.165, 1.54) is 0 Å². The van der Waals surface area contributed by atoms with E-state index in [0.29, 0.717) is 25.3 Å². The molecule has 1 amide bonds. The largest absolute Gasteiger partial charge is 0.496 e. The number of ether oxygens (including phenoxy) is 2.